The molecule has 1 aliphatic heterocycles. The Morgan fingerprint density at radius 2 is 1.63 bits per heavy atom. The predicted octanol–water partition coefficient (Wildman–Crippen LogP) is 7.59. The Morgan fingerprint density at radius 1 is 0.977 bits per heavy atom. The number of ether oxygens (including phenoxy) is 1. The summed E-state index contributed by atoms with van der Waals surface area (Å²) in [7, 11) is 0. The molecular weight excluding hydrogens is 548 g/mol. The van der Waals surface area contributed by atoms with Crippen molar-refractivity contribution in [3.05, 3.63) is 97.0 Å². The number of rotatable bonds is 8. The van der Waals surface area contributed by atoms with E-state index in [0.717, 1.165) is 22.3 Å². The average molecular weight is 584 g/mol. The number of hydrogen-bond donors (Lipinski definition) is 1. The van der Waals surface area contributed by atoms with E-state index in [2.05, 4.69) is 15.2 Å². The van der Waals surface area contributed by atoms with Crippen LogP contribution in [0, 0.1) is 11.6 Å². The van der Waals surface area contributed by atoms with E-state index in [0.29, 0.717) is 49.6 Å². The van der Waals surface area contributed by atoms with Gasteiger partial charge in [-0.2, -0.15) is 0 Å². The highest BCUT2D eigenvalue weighted by atomic mass is 19.1. The molecule has 43 heavy (non-hydrogen) atoms. The van der Waals surface area contributed by atoms with Gasteiger partial charge in [-0.05, 0) is 87.2 Å². The monoisotopic (exact) mass is 583 g/mol. The molecule has 1 unspecified atom stereocenters. The minimum Gasteiger partial charge on any atom is -0.439 e. The summed E-state index contributed by atoms with van der Waals surface area (Å²) >= 11 is 0. The first-order valence-electron chi connectivity index (χ1n) is 14.5. The van der Waals surface area contributed by atoms with Crippen molar-refractivity contribution < 1.29 is 18.3 Å². The van der Waals surface area contributed by atoms with Crippen molar-refractivity contribution in [2.24, 2.45) is 0 Å². The van der Waals surface area contributed by atoms with E-state index >= 15 is 0 Å². The molecule has 3 heterocycles. The van der Waals surface area contributed by atoms with E-state index < -0.39 is 11.7 Å². The Bertz CT molecular complexity index is 1590. The van der Waals surface area contributed by atoms with Gasteiger partial charge in [0.1, 0.15) is 23.1 Å². The molecular formula is C34H35F2N5O2. The molecule has 9 heteroatoms. The molecule has 4 aromatic rings. The molecule has 1 fully saturated rings. The lowest BCUT2D eigenvalue weighted by atomic mass is 9.96. The molecule has 0 aliphatic carbocycles. The van der Waals surface area contributed by atoms with E-state index in [4.69, 9.17) is 14.7 Å². The van der Waals surface area contributed by atoms with Gasteiger partial charge < -0.3 is 15.0 Å². The third kappa shape index (κ3) is 7.05. The number of hydrogen-bond acceptors (Lipinski definition) is 6. The lowest BCUT2D eigenvalue weighted by Crippen LogP contribution is -2.46. The number of alkyl carbamates (subject to hydrolysis) is 1. The minimum absolute atomic E-state index is 0.0216. The smallest absolute Gasteiger partial charge is 0.408 e. The number of nitrogens with zero attached hydrogens (tertiary/aromatic N) is 4. The standard InChI is InChI=1S/C34H35F2N5O2/c1-4-17-34(3,5-2)43-33(42)39-27-15-19-41(20-16-27)30-22-38-31(24-8-12-26(36)13-9-24)32(40-30)28-14-18-37-21-29(28)23-6-10-25(35)11-7-23/h4,6-14,17-18,21-22,27H,5,15-16,19-20H2,1-3H3,(H,39,42)/b17-4+. The van der Waals surface area contributed by atoms with Gasteiger partial charge in [0, 0.05) is 48.2 Å². The van der Waals surface area contributed by atoms with Crippen LogP contribution < -0.4 is 10.2 Å². The number of anilines is 1. The van der Waals surface area contributed by atoms with E-state index in [1.54, 1.807) is 42.9 Å². The second-order valence-corrected chi connectivity index (χ2v) is 10.8. The molecule has 0 saturated carbocycles. The topological polar surface area (TPSA) is 80.2 Å². The van der Waals surface area contributed by atoms with Gasteiger partial charge in [0.25, 0.3) is 0 Å². The minimum atomic E-state index is -0.641. The quantitative estimate of drug-likeness (QED) is 0.215. The molecule has 0 radical (unpaired) electrons. The number of halogens is 2. The van der Waals surface area contributed by atoms with Crippen LogP contribution in [0.4, 0.5) is 19.4 Å². The zero-order valence-corrected chi connectivity index (χ0v) is 24.6. The Kier molecular flexibility index (Phi) is 9.09. The zero-order chi connectivity index (χ0) is 30.4. The van der Waals surface area contributed by atoms with Gasteiger partial charge in [0.2, 0.25) is 0 Å². The van der Waals surface area contributed by atoms with Crippen LogP contribution in [0.25, 0.3) is 33.6 Å². The summed E-state index contributed by atoms with van der Waals surface area (Å²) in [6.07, 6.45) is 10.6. The van der Waals surface area contributed by atoms with E-state index in [9.17, 15) is 13.6 Å². The van der Waals surface area contributed by atoms with Crippen LogP contribution in [0.3, 0.4) is 0 Å². The van der Waals surface area contributed by atoms with Crippen molar-refractivity contribution in [1.82, 2.24) is 20.3 Å². The molecule has 1 saturated heterocycles. The van der Waals surface area contributed by atoms with Crippen LogP contribution in [0.5, 0.6) is 0 Å². The largest absolute Gasteiger partial charge is 0.439 e. The number of amides is 1. The molecule has 1 aliphatic rings. The maximum absolute atomic E-state index is 13.8. The van der Waals surface area contributed by atoms with Gasteiger partial charge in [0.05, 0.1) is 17.6 Å². The van der Waals surface area contributed by atoms with Crippen LogP contribution >= 0.6 is 0 Å². The number of piperidine rings is 1. The molecule has 0 bridgehead atoms. The van der Waals surface area contributed by atoms with Gasteiger partial charge >= 0.3 is 6.09 Å². The maximum Gasteiger partial charge on any atom is 0.408 e. The molecule has 5 rings (SSSR count). The highest BCUT2D eigenvalue weighted by Crippen LogP contribution is 2.37. The van der Waals surface area contributed by atoms with Crippen molar-refractivity contribution >= 4 is 11.9 Å². The van der Waals surface area contributed by atoms with Crippen LogP contribution in [0.15, 0.2) is 85.3 Å². The summed E-state index contributed by atoms with van der Waals surface area (Å²) in [6.45, 7) is 7.11. The van der Waals surface area contributed by atoms with Gasteiger partial charge in [-0.3, -0.25) is 9.97 Å². The Hall–Kier alpha value is -4.66. The average Bonchev–Trinajstić information content (AvgIpc) is 3.02. The lowest BCUT2D eigenvalue weighted by molar-refractivity contribution is 0.0538. The number of nitrogens with one attached hydrogen (secondary N) is 1. The first-order valence-corrected chi connectivity index (χ1v) is 14.5. The number of carbonyl (C=O) groups excluding carboxylic acids is 1. The number of carbonyl (C=O) groups is 1. The highest BCUT2D eigenvalue weighted by molar-refractivity contribution is 5.88. The molecule has 1 N–H and O–H groups in total. The van der Waals surface area contributed by atoms with Crippen LogP contribution in [0.1, 0.15) is 40.0 Å². The van der Waals surface area contributed by atoms with Gasteiger partial charge in [-0.1, -0.05) is 25.1 Å². The molecule has 7 nitrogen and oxygen atoms in total. The van der Waals surface area contributed by atoms with Crippen molar-refractivity contribution in [3.63, 3.8) is 0 Å². The Labute approximate surface area is 250 Å². The van der Waals surface area contributed by atoms with E-state index in [1.165, 1.54) is 24.3 Å². The molecule has 2 aromatic heterocycles. The van der Waals surface area contributed by atoms with Crippen LogP contribution in [0.2, 0.25) is 0 Å². The van der Waals surface area contributed by atoms with Crippen molar-refractivity contribution in [2.75, 3.05) is 18.0 Å². The first kappa shape index (κ1) is 29.8. The summed E-state index contributed by atoms with van der Waals surface area (Å²) in [6, 6.07) is 14.2. The zero-order valence-electron chi connectivity index (χ0n) is 24.6. The maximum atomic E-state index is 13.8. The normalized spacial score (nSPS) is 15.3. The molecule has 1 amide bonds. The van der Waals surface area contributed by atoms with Gasteiger partial charge in [-0.15, -0.1) is 0 Å². The van der Waals surface area contributed by atoms with Crippen molar-refractivity contribution in [2.45, 2.75) is 51.7 Å². The summed E-state index contributed by atoms with van der Waals surface area (Å²) in [5.74, 6) is 0.0222. The number of benzene rings is 2. The fraction of sp³-hybridized carbons (Fsp3) is 0.294. The highest BCUT2D eigenvalue weighted by Gasteiger charge is 2.27. The van der Waals surface area contributed by atoms with Crippen LogP contribution in [-0.4, -0.2) is 45.8 Å². The lowest BCUT2D eigenvalue weighted by Gasteiger charge is -2.34. The third-order valence-corrected chi connectivity index (χ3v) is 7.80. The SMILES string of the molecule is C/C=C/C(C)(CC)OC(=O)NC1CCN(c2cnc(-c3ccc(F)cc3)c(-c3ccncc3-c3ccc(F)cc3)n2)CC1. The predicted molar refractivity (Wildman–Crippen MR) is 164 cm³/mol. The summed E-state index contributed by atoms with van der Waals surface area (Å²) < 4.78 is 33.2. The number of aromatic nitrogens is 3. The Morgan fingerprint density at radius 3 is 2.26 bits per heavy atom. The molecule has 0 spiro atoms. The second kappa shape index (κ2) is 13.1. The first-order chi connectivity index (χ1) is 20.8. The summed E-state index contributed by atoms with van der Waals surface area (Å²) in [5.41, 5.74) is 3.61. The Balaban J connectivity index is 1.41. The molecule has 2 aromatic carbocycles. The fourth-order valence-electron chi connectivity index (χ4n) is 5.24. The number of pyridine rings is 1. The summed E-state index contributed by atoms with van der Waals surface area (Å²) in [5, 5.41) is 3.02. The molecule has 1 atom stereocenters. The number of allylic oxidation sites excluding steroid dienone is 1. The van der Waals surface area contributed by atoms with Gasteiger partial charge in [-0.25, -0.2) is 18.6 Å². The van der Waals surface area contributed by atoms with E-state index in [1.807, 2.05) is 39.0 Å². The van der Waals surface area contributed by atoms with Crippen molar-refractivity contribution in [3.8, 4) is 33.6 Å². The second-order valence-electron chi connectivity index (χ2n) is 10.8. The van der Waals surface area contributed by atoms with E-state index in [-0.39, 0.29) is 17.7 Å². The third-order valence-electron chi connectivity index (χ3n) is 7.80. The van der Waals surface area contributed by atoms with Gasteiger partial charge in [0.15, 0.2) is 0 Å². The fourth-order valence-corrected chi connectivity index (χ4v) is 5.24. The van der Waals surface area contributed by atoms with Crippen LogP contribution in [-0.2, 0) is 4.74 Å². The summed E-state index contributed by atoms with van der Waals surface area (Å²) in [4.78, 5) is 29.0. The molecule has 222 valence electrons. The van der Waals surface area contributed by atoms with Crippen molar-refractivity contribution in [1.29, 1.82) is 0 Å².